The summed E-state index contributed by atoms with van der Waals surface area (Å²) in [5, 5.41) is 3.68. The van der Waals surface area contributed by atoms with Crippen molar-refractivity contribution in [1.82, 2.24) is 20.0 Å². The Labute approximate surface area is 178 Å². The molecule has 2 fully saturated rings. The van der Waals surface area contributed by atoms with Crippen molar-refractivity contribution in [3.63, 3.8) is 0 Å². The average molecular weight is 400 g/mol. The molecule has 0 spiro atoms. The minimum Gasteiger partial charge on any atom is -0.356 e. The number of nitrogens with one attached hydrogen (secondary N) is 1. The molecule has 2 heterocycles. The summed E-state index contributed by atoms with van der Waals surface area (Å²) in [4.78, 5) is 12.1. The second-order valence-corrected chi connectivity index (χ2v) is 9.06. The van der Waals surface area contributed by atoms with Crippen LogP contribution in [0, 0.1) is 11.8 Å². The van der Waals surface area contributed by atoms with Crippen LogP contribution in [0.5, 0.6) is 0 Å². The van der Waals surface area contributed by atoms with Gasteiger partial charge in [0.2, 0.25) is 0 Å². The van der Waals surface area contributed by atoms with Gasteiger partial charge in [-0.3, -0.25) is 4.99 Å². The zero-order chi connectivity index (χ0) is 20.6. The summed E-state index contributed by atoms with van der Waals surface area (Å²) in [5.74, 6) is 3.07. The van der Waals surface area contributed by atoms with Crippen molar-refractivity contribution < 1.29 is 0 Å². The van der Waals surface area contributed by atoms with E-state index in [2.05, 4.69) is 76.2 Å². The fraction of sp³-hybridized carbons (Fsp3) is 0.708. The number of hydrogen-bond donors (Lipinski definition) is 1. The van der Waals surface area contributed by atoms with Gasteiger partial charge in [-0.05, 0) is 36.8 Å². The molecule has 162 valence electrons. The van der Waals surface area contributed by atoms with Crippen molar-refractivity contribution in [2.24, 2.45) is 16.8 Å². The van der Waals surface area contributed by atoms with Crippen LogP contribution >= 0.6 is 0 Å². The molecule has 3 atom stereocenters. The van der Waals surface area contributed by atoms with Gasteiger partial charge in [0.25, 0.3) is 0 Å². The van der Waals surface area contributed by atoms with Gasteiger partial charge >= 0.3 is 0 Å². The number of aliphatic imine (C=N–C) groups is 1. The van der Waals surface area contributed by atoms with E-state index in [4.69, 9.17) is 0 Å². The molecule has 1 N–H and O–H groups in total. The van der Waals surface area contributed by atoms with Crippen LogP contribution in [0.15, 0.2) is 35.3 Å². The van der Waals surface area contributed by atoms with Crippen molar-refractivity contribution in [2.45, 2.75) is 32.6 Å². The molecule has 2 aliphatic heterocycles. The normalized spacial score (nSPS) is 25.8. The molecule has 0 aromatic heterocycles. The number of hydrogen-bond acceptors (Lipinski definition) is 3. The van der Waals surface area contributed by atoms with Crippen molar-refractivity contribution >= 4 is 5.96 Å². The molecule has 0 saturated carbocycles. The van der Waals surface area contributed by atoms with Crippen molar-refractivity contribution in [3.8, 4) is 0 Å². The number of likely N-dealkylation sites (tertiary alicyclic amines) is 1. The summed E-state index contributed by atoms with van der Waals surface area (Å²) in [5.41, 5.74) is 1.50. The molecule has 0 radical (unpaired) electrons. The summed E-state index contributed by atoms with van der Waals surface area (Å²) in [7, 11) is 4.15. The Morgan fingerprint density at radius 3 is 2.52 bits per heavy atom. The van der Waals surface area contributed by atoms with Crippen LogP contribution in [-0.2, 0) is 0 Å². The number of piperidine rings is 1. The lowest BCUT2D eigenvalue weighted by molar-refractivity contribution is 0.139. The van der Waals surface area contributed by atoms with Gasteiger partial charge < -0.3 is 20.0 Å². The Hall–Kier alpha value is -1.59. The monoisotopic (exact) mass is 399 g/mol. The molecular weight excluding hydrogens is 358 g/mol. The molecule has 0 bridgehead atoms. The van der Waals surface area contributed by atoms with E-state index in [1.807, 2.05) is 7.05 Å². The van der Waals surface area contributed by atoms with Gasteiger partial charge in [0.05, 0.1) is 0 Å². The molecule has 2 saturated heterocycles. The first-order valence-corrected chi connectivity index (χ1v) is 11.5. The van der Waals surface area contributed by atoms with Crippen LogP contribution in [0.25, 0.3) is 0 Å². The predicted molar refractivity (Wildman–Crippen MR) is 124 cm³/mol. The van der Waals surface area contributed by atoms with Crippen molar-refractivity contribution in [1.29, 1.82) is 0 Å². The zero-order valence-electron chi connectivity index (χ0n) is 19.0. The molecule has 29 heavy (non-hydrogen) atoms. The van der Waals surface area contributed by atoms with E-state index in [1.165, 1.54) is 51.1 Å². The Morgan fingerprint density at radius 2 is 1.86 bits per heavy atom. The fourth-order valence-electron chi connectivity index (χ4n) is 4.91. The minimum atomic E-state index is 0.624. The van der Waals surface area contributed by atoms with Gasteiger partial charge in [0, 0.05) is 59.4 Å². The maximum atomic E-state index is 4.62. The molecule has 1 aromatic rings. The van der Waals surface area contributed by atoms with E-state index in [-0.39, 0.29) is 0 Å². The zero-order valence-corrected chi connectivity index (χ0v) is 19.0. The van der Waals surface area contributed by atoms with Crippen LogP contribution < -0.4 is 5.32 Å². The van der Waals surface area contributed by atoms with E-state index in [0.29, 0.717) is 17.8 Å². The summed E-state index contributed by atoms with van der Waals surface area (Å²) in [6, 6.07) is 11.1. The summed E-state index contributed by atoms with van der Waals surface area (Å²) < 4.78 is 0. The van der Waals surface area contributed by atoms with Crippen LogP contribution in [0.2, 0.25) is 0 Å². The molecule has 2 aliphatic rings. The Morgan fingerprint density at radius 1 is 1.14 bits per heavy atom. The van der Waals surface area contributed by atoms with Crippen LogP contribution in [0.1, 0.15) is 38.2 Å². The van der Waals surface area contributed by atoms with Gasteiger partial charge in [-0.1, -0.05) is 50.6 Å². The molecule has 1 aromatic carbocycles. The number of likely N-dealkylation sites (N-methyl/N-ethyl adjacent to an activating group) is 1. The smallest absolute Gasteiger partial charge is 0.193 e. The highest BCUT2D eigenvalue weighted by Gasteiger charge is 2.30. The van der Waals surface area contributed by atoms with Gasteiger partial charge in [0.15, 0.2) is 5.96 Å². The van der Waals surface area contributed by atoms with E-state index in [1.54, 1.807) is 0 Å². The van der Waals surface area contributed by atoms with E-state index >= 15 is 0 Å². The van der Waals surface area contributed by atoms with E-state index in [9.17, 15) is 0 Å². The molecule has 0 aliphatic carbocycles. The third-order valence-electron chi connectivity index (χ3n) is 6.77. The number of guanidine groups is 1. The van der Waals surface area contributed by atoms with Crippen molar-refractivity contribution in [2.75, 3.05) is 66.5 Å². The SMILES string of the molecule is CCC1CN(C(=NC)NCC(C)CN2CCN(C)CC2)CCC1c1ccccc1. The first kappa shape index (κ1) is 22.1. The Balaban J connectivity index is 1.49. The quantitative estimate of drug-likeness (QED) is 0.589. The summed E-state index contributed by atoms with van der Waals surface area (Å²) in [6.45, 7) is 13.8. The van der Waals surface area contributed by atoms with Gasteiger partial charge in [-0.25, -0.2) is 0 Å². The predicted octanol–water partition coefficient (Wildman–Crippen LogP) is 2.96. The lowest BCUT2D eigenvalue weighted by atomic mass is 9.79. The lowest BCUT2D eigenvalue weighted by Gasteiger charge is -2.40. The van der Waals surface area contributed by atoms with Gasteiger partial charge in [-0.2, -0.15) is 0 Å². The maximum absolute atomic E-state index is 4.62. The topological polar surface area (TPSA) is 34.1 Å². The van der Waals surface area contributed by atoms with E-state index in [0.717, 1.165) is 25.6 Å². The third kappa shape index (κ3) is 6.19. The van der Waals surface area contributed by atoms with Gasteiger partial charge in [-0.15, -0.1) is 0 Å². The molecule has 0 amide bonds. The van der Waals surface area contributed by atoms with E-state index < -0.39 is 0 Å². The average Bonchev–Trinajstić information content (AvgIpc) is 2.76. The number of rotatable bonds is 6. The highest BCUT2D eigenvalue weighted by Crippen LogP contribution is 2.34. The molecule has 3 rings (SSSR count). The second kappa shape index (κ2) is 11.0. The van der Waals surface area contributed by atoms with Gasteiger partial charge in [0.1, 0.15) is 0 Å². The molecule has 5 nitrogen and oxygen atoms in total. The van der Waals surface area contributed by atoms with Crippen molar-refractivity contribution in [3.05, 3.63) is 35.9 Å². The second-order valence-electron chi connectivity index (χ2n) is 9.06. The number of nitrogens with zero attached hydrogens (tertiary/aromatic N) is 4. The number of benzene rings is 1. The van der Waals surface area contributed by atoms with Crippen LogP contribution in [-0.4, -0.2) is 87.1 Å². The van der Waals surface area contributed by atoms with Crippen LogP contribution in [0.4, 0.5) is 0 Å². The van der Waals surface area contributed by atoms with Crippen LogP contribution in [0.3, 0.4) is 0 Å². The first-order valence-electron chi connectivity index (χ1n) is 11.5. The Kier molecular flexibility index (Phi) is 8.37. The maximum Gasteiger partial charge on any atom is 0.193 e. The fourth-order valence-corrected chi connectivity index (χ4v) is 4.91. The third-order valence-corrected chi connectivity index (χ3v) is 6.77. The highest BCUT2D eigenvalue weighted by molar-refractivity contribution is 5.80. The largest absolute Gasteiger partial charge is 0.356 e. The first-order chi connectivity index (χ1) is 14.1. The standard InChI is InChI=1S/C24H41N5/c1-5-21-19-29(12-11-23(21)22-9-7-6-8-10-22)24(25-3)26-17-20(2)18-28-15-13-27(4)14-16-28/h6-10,20-21,23H,5,11-19H2,1-4H3,(H,25,26). The summed E-state index contributed by atoms with van der Waals surface area (Å²) in [6.07, 6.45) is 2.42. The summed E-state index contributed by atoms with van der Waals surface area (Å²) >= 11 is 0. The lowest BCUT2D eigenvalue weighted by Crippen LogP contribution is -2.50. The Bertz CT molecular complexity index is 623. The highest BCUT2D eigenvalue weighted by atomic mass is 15.3. The molecule has 3 unspecified atom stereocenters. The minimum absolute atomic E-state index is 0.624. The molecule has 5 heteroatoms. The molecular formula is C24H41N5. The number of piperazine rings is 1.